The second-order valence-electron chi connectivity index (χ2n) is 4.74. The molecule has 0 aliphatic carbocycles. The monoisotopic (exact) mass is 233 g/mol. The summed E-state index contributed by atoms with van der Waals surface area (Å²) in [7, 11) is 1.61. The van der Waals surface area contributed by atoms with Crippen molar-refractivity contribution < 1.29 is 4.74 Å². The maximum atomic E-state index is 8.22. The molecule has 17 heavy (non-hydrogen) atoms. The molecule has 1 aliphatic rings. The minimum Gasteiger partial charge on any atom is -0.372 e. The lowest BCUT2D eigenvalue weighted by Gasteiger charge is -2.43. The number of hydrogen-bond donors (Lipinski definition) is 2. The maximum Gasteiger partial charge on any atom is 0.132 e. The highest BCUT2D eigenvalue weighted by Crippen LogP contribution is 2.27. The number of anilines is 1. The molecular weight excluding hydrogens is 214 g/mol. The third kappa shape index (κ3) is 2.18. The number of amidine groups is 1. The van der Waals surface area contributed by atoms with Crippen molar-refractivity contribution in [2.24, 2.45) is 5.73 Å². The van der Waals surface area contributed by atoms with Crippen LogP contribution in [-0.4, -0.2) is 31.1 Å². The molecule has 0 spiro atoms. The molecule has 92 valence electrons. The molecule has 0 amide bonds. The van der Waals surface area contributed by atoms with Crippen molar-refractivity contribution >= 4 is 11.5 Å². The van der Waals surface area contributed by atoms with Crippen LogP contribution >= 0.6 is 0 Å². The summed E-state index contributed by atoms with van der Waals surface area (Å²) in [5, 5.41) is 8.22. The molecule has 1 saturated heterocycles. The fourth-order valence-corrected chi connectivity index (χ4v) is 2.32. The van der Waals surface area contributed by atoms with Gasteiger partial charge in [0, 0.05) is 24.9 Å². The first-order chi connectivity index (χ1) is 8.06. The molecule has 1 heterocycles. The second kappa shape index (κ2) is 4.47. The molecule has 1 aromatic rings. The second-order valence-corrected chi connectivity index (χ2v) is 4.74. The Bertz CT molecular complexity index is 402. The number of methoxy groups -OCH3 is 1. The van der Waals surface area contributed by atoms with Gasteiger partial charge in [-0.3, -0.25) is 5.41 Å². The summed E-state index contributed by atoms with van der Waals surface area (Å²) >= 11 is 0. The Labute approximate surface area is 102 Å². The standard InChI is InChI=1S/C13H19N3O/c1-13(15)8-9-16(12(14)11(13)17-2)10-6-4-3-5-7-10/h3-7,11,14H,8-9,15H2,1-2H3. The van der Waals surface area contributed by atoms with Crippen LogP contribution in [0.1, 0.15) is 13.3 Å². The molecule has 3 N–H and O–H groups in total. The van der Waals surface area contributed by atoms with Gasteiger partial charge in [-0.25, -0.2) is 0 Å². The lowest BCUT2D eigenvalue weighted by molar-refractivity contribution is 0.0816. The van der Waals surface area contributed by atoms with Crippen LogP contribution in [0.4, 0.5) is 5.69 Å². The van der Waals surface area contributed by atoms with Crippen molar-refractivity contribution in [2.45, 2.75) is 25.0 Å². The molecule has 0 radical (unpaired) electrons. The summed E-state index contributed by atoms with van der Waals surface area (Å²) in [6.45, 7) is 2.70. The van der Waals surface area contributed by atoms with Gasteiger partial charge in [0.2, 0.25) is 0 Å². The van der Waals surface area contributed by atoms with Crippen LogP contribution in [-0.2, 0) is 4.74 Å². The molecule has 1 aliphatic heterocycles. The normalized spacial score (nSPS) is 29.5. The molecule has 4 heteroatoms. The lowest BCUT2D eigenvalue weighted by Crippen LogP contribution is -2.62. The smallest absolute Gasteiger partial charge is 0.132 e. The molecule has 1 fully saturated rings. The molecule has 1 aromatic carbocycles. The van der Waals surface area contributed by atoms with Gasteiger partial charge < -0.3 is 15.4 Å². The predicted octanol–water partition coefficient (Wildman–Crippen LogP) is 1.61. The van der Waals surface area contributed by atoms with E-state index in [9.17, 15) is 0 Å². The Morgan fingerprint density at radius 3 is 2.65 bits per heavy atom. The third-order valence-corrected chi connectivity index (χ3v) is 3.32. The van der Waals surface area contributed by atoms with Crippen LogP contribution in [0.2, 0.25) is 0 Å². The Kier molecular flexibility index (Phi) is 3.17. The SMILES string of the molecule is COC1C(=N)N(c2ccccc2)CCC1(C)N. The molecule has 2 atom stereocenters. The van der Waals surface area contributed by atoms with Gasteiger partial charge in [-0.05, 0) is 25.5 Å². The number of nitrogens with one attached hydrogen (secondary N) is 1. The fourth-order valence-electron chi connectivity index (χ4n) is 2.32. The van der Waals surface area contributed by atoms with E-state index in [0.717, 1.165) is 18.7 Å². The van der Waals surface area contributed by atoms with Gasteiger partial charge in [-0.2, -0.15) is 0 Å². The largest absolute Gasteiger partial charge is 0.372 e. The zero-order valence-corrected chi connectivity index (χ0v) is 10.3. The van der Waals surface area contributed by atoms with Crippen LogP contribution < -0.4 is 10.6 Å². The van der Waals surface area contributed by atoms with Gasteiger partial charge in [0.05, 0.1) is 0 Å². The quantitative estimate of drug-likeness (QED) is 0.815. The molecule has 2 rings (SSSR count). The van der Waals surface area contributed by atoms with E-state index in [1.807, 2.05) is 42.2 Å². The third-order valence-electron chi connectivity index (χ3n) is 3.32. The van der Waals surface area contributed by atoms with Crippen molar-refractivity contribution in [1.29, 1.82) is 5.41 Å². The Balaban J connectivity index is 2.26. The average molecular weight is 233 g/mol. The van der Waals surface area contributed by atoms with Gasteiger partial charge in [0.1, 0.15) is 11.9 Å². The number of rotatable bonds is 2. The highest BCUT2D eigenvalue weighted by molar-refractivity contribution is 6.00. The van der Waals surface area contributed by atoms with Crippen molar-refractivity contribution in [3.8, 4) is 0 Å². The first-order valence-corrected chi connectivity index (χ1v) is 5.79. The Hall–Kier alpha value is -1.39. The van der Waals surface area contributed by atoms with Gasteiger partial charge in [-0.1, -0.05) is 18.2 Å². The average Bonchev–Trinajstić information content (AvgIpc) is 2.30. The summed E-state index contributed by atoms with van der Waals surface area (Å²) in [5.41, 5.74) is 6.73. The first-order valence-electron chi connectivity index (χ1n) is 5.79. The highest BCUT2D eigenvalue weighted by Gasteiger charge is 2.40. The molecule has 2 unspecified atom stereocenters. The van der Waals surface area contributed by atoms with E-state index >= 15 is 0 Å². The number of benzene rings is 1. The number of piperidine rings is 1. The summed E-state index contributed by atoms with van der Waals surface area (Å²) in [4.78, 5) is 1.96. The van der Waals surface area contributed by atoms with E-state index in [4.69, 9.17) is 15.9 Å². The molecule has 0 saturated carbocycles. The molecular formula is C13H19N3O. The predicted molar refractivity (Wildman–Crippen MR) is 69.5 cm³/mol. The van der Waals surface area contributed by atoms with Gasteiger partial charge in [0.25, 0.3) is 0 Å². The van der Waals surface area contributed by atoms with Crippen LogP contribution in [0.15, 0.2) is 30.3 Å². The van der Waals surface area contributed by atoms with Gasteiger partial charge >= 0.3 is 0 Å². The van der Waals surface area contributed by atoms with Crippen LogP contribution in [0.5, 0.6) is 0 Å². The maximum absolute atomic E-state index is 8.22. The van der Waals surface area contributed by atoms with Gasteiger partial charge in [-0.15, -0.1) is 0 Å². The number of nitrogens with two attached hydrogens (primary N) is 1. The summed E-state index contributed by atoms with van der Waals surface area (Å²) in [5.74, 6) is 0.440. The van der Waals surface area contributed by atoms with Gasteiger partial charge in [0.15, 0.2) is 0 Å². The van der Waals surface area contributed by atoms with Crippen molar-refractivity contribution in [1.82, 2.24) is 0 Å². The van der Waals surface area contributed by atoms with E-state index in [-0.39, 0.29) is 6.10 Å². The summed E-state index contributed by atoms with van der Waals surface area (Å²) in [6, 6.07) is 9.92. The van der Waals surface area contributed by atoms with E-state index < -0.39 is 5.54 Å². The number of hydrogen-bond acceptors (Lipinski definition) is 3. The fraction of sp³-hybridized carbons (Fsp3) is 0.462. The van der Waals surface area contributed by atoms with Crippen LogP contribution in [0.25, 0.3) is 0 Å². The van der Waals surface area contributed by atoms with Crippen molar-refractivity contribution in [3.63, 3.8) is 0 Å². The minimum absolute atomic E-state index is 0.351. The number of ether oxygens (including phenoxy) is 1. The van der Waals surface area contributed by atoms with E-state index in [1.54, 1.807) is 7.11 Å². The van der Waals surface area contributed by atoms with Crippen molar-refractivity contribution in [3.05, 3.63) is 30.3 Å². The van der Waals surface area contributed by atoms with E-state index in [2.05, 4.69) is 0 Å². The van der Waals surface area contributed by atoms with Crippen LogP contribution in [0, 0.1) is 5.41 Å². The Morgan fingerprint density at radius 1 is 1.41 bits per heavy atom. The topological polar surface area (TPSA) is 62.3 Å². The molecule has 0 bridgehead atoms. The summed E-state index contributed by atoms with van der Waals surface area (Å²) in [6.07, 6.45) is 0.458. The zero-order valence-electron chi connectivity index (χ0n) is 10.3. The Morgan fingerprint density at radius 2 is 2.06 bits per heavy atom. The first kappa shape index (κ1) is 12.1. The highest BCUT2D eigenvalue weighted by atomic mass is 16.5. The van der Waals surface area contributed by atoms with Crippen LogP contribution in [0.3, 0.4) is 0 Å². The lowest BCUT2D eigenvalue weighted by atomic mass is 9.86. The molecule has 0 aromatic heterocycles. The number of para-hydroxylation sites is 1. The summed E-state index contributed by atoms with van der Waals surface area (Å²) < 4.78 is 5.38. The van der Waals surface area contributed by atoms with E-state index in [0.29, 0.717) is 5.84 Å². The zero-order chi connectivity index (χ0) is 12.5. The number of nitrogens with zero attached hydrogens (tertiary/aromatic N) is 1. The minimum atomic E-state index is -0.461. The molecule has 4 nitrogen and oxygen atoms in total. The van der Waals surface area contributed by atoms with Crippen molar-refractivity contribution in [2.75, 3.05) is 18.6 Å². The van der Waals surface area contributed by atoms with E-state index in [1.165, 1.54) is 0 Å².